The zero-order valence-corrected chi connectivity index (χ0v) is 11.2. The molecule has 1 aliphatic heterocycles. The van der Waals surface area contributed by atoms with Crippen LogP contribution in [0.4, 0.5) is 0 Å². The van der Waals surface area contributed by atoms with Gasteiger partial charge < -0.3 is 10.1 Å². The summed E-state index contributed by atoms with van der Waals surface area (Å²) in [5, 5.41) is 3.49. The van der Waals surface area contributed by atoms with Gasteiger partial charge in [0.25, 0.3) is 0 Å². The maximum absolute atomic E-state index is 5.87. The van der Waals surface area contributed by atoms with Crippen LogP contribution in [0.2, 0.25) is 0 Å². The van der Waals surface area contributed by atoms with E-state index in [-0.39, 0.29) is 6.10 Å². The molecular weight excluding hydrogens is 266 g/mol. The molecule has 0 bridgehead atoms. The maximum Gasteiger partial charge on any atom is 0.119 e. The summed E-state index contributed by atoms with van der Waals surface area (Å²) in [6.45, 7) is 3.30. The molecule has 0 radical (unpaired) electrons. The van der Waals surface area contributed by atoms with Crippen molar-refractivity contribution in [1.82, 2.24) is 5.32 Å². The van der Waals surface area contributed by atoms with Gasteiger partial charge in [-0.05, 0) is 57.0 Å². The van der Waals surface area contributed by atoms with Gasteiger partial charge in [0.2, 0.25) is 0 Å². The molecule has 0 saturated carbocycles. The fourth-order valence-corrected chi connectivity index (χ4v) is 2.42. The van der Waals surface area contributed by atoms with Crippen LogP contribution in [0.5, 0.6) is 5.75 Å². The highest BCUT2D eigenvalue weighted by Gasteiger charge is 2.17. The molecule has 1 aliphatic rings. The summed E-state index contributed by atoms with van der Waals surface area (Å²) < 4.78 is 6.96. The minimum atomic E-state index is 0.275. The quantitative estimate of drug-likeness (QED) is 0.915. The van der Waals surface area contributed by atoms with E-state index in [2.05, 4.69) is 28.2 Å². The van der Waals surface area contributed by atoms with Gasteiger partial charge in [-0.15, -0.1) is 0 Å². The van der Waals surface area contributed by atoms with E-state index in [1.165, 1.54) is 12.8 Å². The van der Waals surface area contributed by atoms with E-state index < -0.39 is 0 Å². The Hall–Kier alpha value is -0.540. The van der Waals surface area contributed by atoms with Crippen molar-refractivity contribution in [2.45, 2.75) is 38.3 Å². The van der Waals surface area contributed by atoms with Crippen molar-refractivity contribution in [3.63, 3.8) is 0 Å². The summed E-state index contributed by atoms with van der Waals surface area (Å²) in [4.78, 5) is 0. The molecule has 2 nitrogen and oxygen atoms in total. The van der Waals surface area contributed by atoms with Crippen LogP contribution in [0.15, 0.2) is 28.7 Å². The zero-order valence-electron chi connectivity index (χ0n) is 9.58. The molecule has 0 spiro atoms. The molecule has 1 N–H and O–H groups in total. The highest BCUT2D eigenvalue weighted by Crippen LogP contribution is 2.19. The van der Waals surface area contributed by atoms with Crippen molar-refractivity contribution >= 4 is 15.9 Å². The standard InChI is InChI=1S/C13H18BrNO/c1-10(9-12-3-2-8-15-12)16-13-6-4-11(14)5-7-13/h4-7,10,12,15H,2-3,8-9H2,1H3. The van der Waals surface area contributed by atoms with Crippen molar-refractivity contribution in [1.29, 1.82) is 0 Å². The predicted molar refractivity (Wildman–Crippen MR) is 69.9 cm³/mol. The normalized spacial score (nSPS) is 22.0. The van der Waals surface area contributed by atoms with Crippen LogP contribution in [-0.2, 0) is 0 Å². The van der Waals surface area contributed by atoms with E-state index in [4.69, 9.17) is 4.74 Å². The van der Waals surface area contributed by atoms with Gasteiger partial charge in [-0.3, -0.25) is 0 Å². The van der Waals surface area contributed by atoms with E-state index >= 15 is 0 Å². The topological polar surface area (TPSA) is 21.3 Å². The fourth-order valence-electron chi connectivity index (χ4n) is 2.15. The highest BCUT2D eigenvalue weighted by atomic mass is 79.9. The lowest BCUT2D eigenvalue weighted by Gasteiger charge is -2.18. The molecule has 1 aromatic rings. The van der Waals surface area contributed by atoms with Gasteiger partial charge in [0, 0.05) is 10.5 Å². The summed E-state index contributed by atoms with van der Waals surface area (Å²) in [5.41, 5.74) is 0. The minimum absolute atomic E-state index is 0.275. The molecule has 1 saturated heterocycles. The van der Waals surface area contributed by atoms with Gasteiger partial charge in [-0.25, -0.2) is 0 Å². The van der Waals surface area contributed by atoms with Crippen LogP contribution in [0.1, 0.15) is 26.2 Å². The summed E-state index contributed by atoms with van der Waals surface area (Å²) >= 11 is 3.42. The molecule has 2 unspecified atom stereocenters. The smallest absolute Gasteiger partial charge is 0.119 e. The summed E-state index contributed by atoms with van der Waals surface area (Å²) in [5.74, 6) is 0.952. The Bertz CT molecular complexity index is 319. The average Bonchev–Trinajstić information content (AvgIpc) is 2.74. The zero-order chi connectivity index (χ0) is 11.4. The second-order valence-corrected chi connectivity index (χ2v) is 5.33. The molecule has 0 amide bonds. The molecule has 1 heterocycles. The van der Waals surface area contributed by atoms with Crippen LogP contribution < -0.4 is 10.1 Å². The average molecular weight is 284 g/mol. The highest BCUT2D eigenvalue weighted by molar-refractivity contribution is 9.10. The van der Waals surface area contributed by atoms with Crippen molar-refractivity contribution in [3.05, 3.63) is 28.7 Å². The molecule has 88 valence electrons. The van der Waals surface area contributed by atoms with Gasteiger partial charge >= 0.3 is 0 Å². The number of hydrogen-bond donors (Lipinski definition) is 1. The first-order valence-corrected chi connectivity index (χ1v) is 6.69. The molecule has 2 rings (SSSR count). The SMILES string of the molecule is CC(CC1CCCN1)Oc1ccc(Br)cc1. The Kier molecular flexibility index (Phi) is 4.24. The number of hydrogen-bond acceptors (Lipinski definition) is 2. The van der Waals surface area contributed by atoms with Gasteiger partial charge in [0.15, 0.2) is 0 Å². The number of rotatable bonds is 4. The van der Waals surface area contributed by atoms with E-state index in [0.717, 1.165) is 23.2 Å². The van der Waals surface area contributed by atoms with Crippen LogP contribution in [-0.4, -0.2) is 18.7 Å². The summed E-state index contributed by atoms with van der Waals surface area (Å²) in [6.07, 6.45) is 3.96. The number of benzene rings is 1. The fraction of sp³-hybridized carbons (Fsp3) is 0.538. The van der Waals surface area contributed by atoms with Crippen LogP contribution in [0, 0.1) is 0 Å². The molecule has 2 atom stereocenters. The van der Waals surface area contributed by atoms with E-state index in [1.54, 1.807) is 0 Å². The Labute approximate surface area is 106 Å². The molecule has 0 aromatic heterocycles. The first-order valence-electron chi connectivity index (χ1n) is 5.89. The summed E-state index contributed by atoms with van der Waals surface area (Å²) in [6, 6.07) is 8.67. The molecular formula is C13H18BrNO. The van der Waals surface area contributed by atoms with Crippen molar-refractivity contribution in [2.75, 3.05) is 6.54 Å². The molecule has 3 heteroatoms. The third kappa shape index (κ3) is 3.49. The van der Waals surface area contributed by atoms with Crippen LogP contribution in [0.25, 0.3) is 0 Å². The second-order valence-electron chi connectivity index (χ2n) is 4.41. The first-order chi connectivity index (χ1) is 7.74. The Morgan fingerprint density at radius 3 is 2.81 bits per heavy atom. The minimum Gasteiger partial charge on any atom is -0.491 e. The van der Waals surface area contributed by atoms with Gasteiger partial charge in [-0.1, -0.05) is 15.9 Å². The molecule has 1 aromatic carbocycles. The Morgan fingerprint density at radius 2 is 2.19 bits per heavy atom. The third-order valence-electron chi connectivity index (χ3n) is 2.93. The predicted octanol–water partition coefficient (Wildman–Crippen LogP) is 3.36. The molecule has 0 aliphatic carbocycles. The second kappa shape index (κ2) is 5.69. The Balaban J connectivity index is 1.81. The Morgan fingerprint density at radius 1 is 1.44 bits per heavy atom. The van der Waals surface area contributed by atoms with Crippen LogP contribution >= 0.6 is 15.9 Å². The molecule has 1 fully saturated rings. The number of nitrogens with one attached hydrogen (secondary N) is 1. The van der Waals surface area contributed by atoms with Crippen molar-refractivity contribution < 1.29 is 4.74 Å². The number of halogens is 1. The first kappa shape index (κ1) is 11.9. The maximum atomic E-state index is 5.87. The third-order valence-corrected chi connectivity index (χ3v) is 3.46. The van der Waals surface area contributed by atoms with E-state index in [1.807, 2.05) is 24.3 Å². The van der Waals surface area contributed by atoms with Gasteiger partial charge in [-0.2, -0.15) is 0 Å². The summed E-state index contributed by atoms with van der Waals surface area (Å²) in [7, 11) is 0. The van der Waals surface area contributed by atoms with Crippen molar-refractivity contribution in [3.8, 4) is 5.75 Å². The van der Waals surface area contributed by atoms with E-state index in [0.29, 0.717) is 6.04 Å². The van der Waals surface area contributed by atoms with Crippen molar-refractivity contribution in [2.24, 2.45) is 0 Å². The lowest BCUT2D eigenvalue weighted by molar-refractivity contribution is 0.196. The molecule has 16 heavy (non-hydrogen) atoms. The van der Waals surface area contributed by atoms with Gasteiger partial charge in [0.1, 0.15) is 5.75 Å². The van der Waals surface area contributed by atoms with E-state index in [9.17, 15) is 0 Å². The van der Waals surface area contributed by atoms with Crippen LogP contribution in [0.3, 0.4) is 0 Å². The lowest BCUT2D eigenvalue weighted by Crippen LogP contribution is -2.28. The van der Waals surface area contributed by atoms with Gasteiger partial charge in [0.05, 0.1) is 6.10 Å². The lowest BCUT2D eigenvalue weighted by atomic mass is 10.1. The number of ether oxygens (including phenoxy) is 1. The largest absolute Gasteiger partial charge is 0.491 e. The monoisotopic (exact) mass is 283 g/mol.